The van der Waals surface area contributed by atoms with Crippen LogP contribution in [0.3, 0.4) is 0 Å². The van der Waals surface area contributed by atoms with Crippen LogP contribution in [-0.2, 0) is 33.4 Å². The van der Waals surface area contributed by atoms with E-state index in [0.717, 1.165) is 31.2 Å². The molecule has 31 heavy (non-hydrogen) atoms. The molecule has 0 aromatic heterocycles. The summed E-state index contributed by atoms with van der Waals surface area (Å²) in [6.07, 6.45) is -5.03. The topological polar surface area (TPSA) is 95.5 Å². The average Bonchev–Trinajstić information content (AvgIpc) is 2.67. The second-order valence-electron chi connectivity index (χ2n) is 6.85. The van der Waals surface area contributed by atoms with Crippen LogP contribution in [0.25, 0.3) is 0 Å². The van der Waals surface area contributed by atoms with Crippen molar-refractivity contribution in [1.29, 1.82) is 0 Å². The molecule has 0 unspecified atom stereocenters. The Morgan fingerprint density at radius 3 is 2.06 bits per heavy atom. The van der Waals surface area contributed by atoms with Crippen LogP contribution in [0.15, 0.2) is 48.5 Å². The van der Waals surface area contributed by atoms with E-state index in [9.17, 15) is 37.1 Å². The number of rotatable bonds is 8. The van der Waals surface area contributed by atoms with E-state index < -0.39 is 47.4 Å². The van der Waals surface area contributed by atoms with Gasteiger partial charge in [0, 0.05) is 19.8 Å². The smallest absolute Gasteiger partial charge is 0.416 e. The highest BCUT2D eigenvalue weighted by molar-refractivity contribution is 5.90. The average molecular weight is 440 g/mol. The highest BCUT2D eigenvalue weighted by atomic mass is 19.4. The number of hydrogen-bond acceptors (Lipinski definition) is 3. The summed E-state index contributed by atoms with van der Waals surface area (Å²) in [5.41, 5.74) is -0.486. The molecular formula is C21H20F4N2O4. The van der Waals surface area contributed by atoms with Gasteiger partial charge < -0.3 is 15.7 Å². The van der Waals surface area contributed by atoms with Crippen molar-refractivity contribution in [2.45, 2.75) is 38.0 Å². The first-order chi connectivity index (χ1) is 14.5. The van der Waals surface area contributed by atoms with Gasteiger partial charge in [-0.05, 0) is 29.3 Å². The monoisotopic (exact) mass is 440 g/mol. The standard InChI is InChI=1S/C21H20F4N2O4/c1-12(28)26-17(11-14-4-2-3-5-16(14)22)19(29)27-18(20(30)31)10-13-6-8-15(9-7-13)21(23,24)25/h2-9,17-18H,10-11H2,1H3,(H,26,28)(H,27,29)(H,30,31)/t17-,18+/m1/s1. The largest absolute Gasteiger partial charge is 0.480 e. The number of aliphatic carboxylic acids is 1. The predicted molar refractivity (Wildman–Crippen MR) is 102 cm³/mol. The fourth-order valence-electron chi connectivity index (χ4n) is 2.88. The van der Waals surface area contributed by atoms with Gasteiger partial charge in [-0.1, -0.05) is 30.3 Å². The summed E-state index contributed by atoms with van der Waals surface area (Å²) in [4.78, 5) is 35.7. The maximum atomic E-state index is 13.9. The molecule has 166 valence electrons. The number of nitrogens with one attached hydrogen (secondary N) is 2. The number of alkyl halides is 3. The van der Waals surface area contributed by atoms with Crippen LogP contribution >= 0.6 is 0 Å². The van der Waals surface area contributed by atoms with Gasteiger partial charge in [0.1, 0.15) is 17.9 Å². The summed E-state index contributed by atoms with van der Waals surface area (Å²) in [6.45, 7) is 1.15. The number of carbonyl (C=O) groups is 3. The summed E-state index contributed by atoms with van der Waals surface area (Å²) in [7, 11) is 0. The molecule has 0 saturated carbocycles. The summed E-state index contributed by atoms with van der Waals surface area (Å²) in [5, 5.41) is 14.0. The molecule has 0 aliphatic heterocycles. The van der Waals surface area contributed by atoms with Gasteiger partial charge in [-0.2, -0.15) is 13.2 Å². The van der Waals surface area contributed by atoms with Gasteiger partial charge in [0.05, 0.1) is 5.56 Å². The summed E-state index contributed by atoms with van der Waals surface area (Å²) in [6, 6.07) is 6.76. The van der Waals surface area contributed by atoms with Gasteiger partial charge in [-0.25, -0.2) is 9.18 Å². The Balaban J connectivity index is 2.15. The lowest BCUT2D eigenvalue weighted by atomic mass is 10.0. The Labute approximate surface area is 175 Å². The molecule has 2 aromatic carbocycles. The third-order valence-corrected chi connectivity index (χ3v) is 4.41. The van der Waals surface area contributed by atoms with E-state index in [4.69, 9.17) is 0 Å². The van der Waals surface area contributed by atoms with Crippen LogP contribution in [-0.4, -0.2) is 35.0 Å². The normalized spacial score (nSPS) is 13.2. The quantitative estimate of drug-likeness (QED) is 0.550. The van der Waals surface area contributed by atoms with Gasteiger partial charge in [0.15, 0.2) is 0 Å². The molecular weight excluding hydrogens is 420 g/mol. The van der Waals surface area contributed by atoms with Crippen LogP contribution in [0.4, 0.5) is 17.6 Å². The number of benzene rings is 2. The molecule has 3 N–H and O–H groups in total. The Morgan fingerprint density at radius 2 is 1.55 bits per heavy atom. The molecule has 0 heterocycles. The van der Waals surface area contributed by atoms with Gasteiger partial charge in [-0.15, -0.1) is 0 Å². The van der Waals surface area contributed by atoms with Crippen LogP contribution in [0.2, 0.25) is 0 Å². The minimum Gasteiger partial charge on any atom is -0.480 e. The first-order valence-corrected chi connectivity index (χ1v) is 9.17. The van der Waals surface area contributed by atoms with Crippen molar-refractivity contribution in [3.05, 3.63) is 71.0 Å². The molecule has 2 rings (SSSR count). The zero-order valence-corrected chi connectivity index (χ0v) is 16.4. The number of halogens is 4. The van der Waals surface area contributed by atoms with Crippen molar-refractivity contribution in [2.24, 2.45) is 0 Å². The zero-order valence-electron chi connectivity index (χ0n) is 16.4. The van der Waals surface area contributed by atoms with E-state index in [1.807, 2.05) is 0 Å². The highest BCUT2D eigenvalue weighted by Gasteiger charge is 2.31. The van der Waals surface area contributed by atoms with Crippen LogP contribution in [0, 0.1) is 5.82 Å². The molecule has 2 atom stereocenters. The van der Waals surface area contributed by atoms with Crippen molar-refractivity contribution in [3.63, 3.8) is 0 Å². The lowest BCUT2D eigenvalue weighted by Gasteiger charge is -2.21. The lowest BCUT2D eigenvalue weighted by Crippen LogP contribution is -2.52. The molecule has 0 bridgehead atoms. The zero-order chi connectivity index (χ0) is 23.2. The Morgan fingerprint density at radius 1 is 0.935 bits per heavy atom. The van der Waals surface area contributed by atoms with E-state index in [1.165, 1.54) is 18.2 Å². The lowest BCUT2D eigenvalue weighted by molar-refractivity contribution is -0.142. The third-order valence-electron chi connectivity index (χ3n) is 4.41. The number of hydrogen-bond donors (Lipinski definition) is 3. The van der Waals surface area contributed by atoms with Crippen LogP contribution < -0.4 is 10.6 Å². The number of carbonyl (C=O) groups excluding carboxylic acids is 2. The maximum Gasteiger partial charge on any atom is 0.416 e. The van der Waals surface area contributed by atoms with E-state index >= 15 is 0 Å². The third kappa shape index (κ3) is 7.09. The van der Waals surface area contributed by atoms with Gasteiger partial charge >= 0.3 is 12.1 Å². The van der Waals surface area contributed by atoms with Gasteiger partial charge in [-0.3, -0.25) is 9.59 Å². The molecule has 0 radical (unpaired) electrons. The summed E-state index contributed by atoms with van der Waals surface area (Å²) in [5.74, 6) is -3.45. The molecule has 0 saturated heterocycles. The molecule has 0 spiro atoms. The predicted octanol–water partition coefficient (Wildman–Crippen LogP) is 2.70. The number of amides is 2. The minimum absolute atomic E-state index is 0.144. The van der Waals surface area contributed by atoms with E-state index in [2.05, 4.69) is 10.6 Å². The minimum atomic E-state index is -4.53. The Kier molecular flexibility index (Phi) is 7.73. The molecule has 0 aliphatic carbocycles. The van der Waals surface area contributed by atoms with Gasteiger partial charge in [0.2, 0.25) is 11.8 Å². The van der Waals surface area contributed by atoms with E-state index in [-0.39, 0.29) is 24.0 Å². The van der Waals surface area contributed by atoms with Crippen molar-refractivity contribution in [3.8, 4) is 0 Å². The number of carboxylic acids is 1. The van der Waals surface area contributed by atoms with Crippen molar-refractivity contribution < 1.29 is 37.1 Å². The highest BCUT2D eigenvalue weighted by Crippen LogP contribution is 2.29. The van der Waals surface area contributed by atoms with Crippen molar-refractivity contribution >= 4 is 17.8 Å². The summed E-state index contributed by atoms with van der Waals surface area (Å²) >= 11 is 0. The molecule has 2 aromatic rings. The van der Waals surface area contributed by atoms with Gasteiger partial charge in [0.25, 0.3) is 0 Å². The maximum absolute atomic E-state index is 13.9. The molecule has 0 fully saturated rings. The fourth-order valence-corrected chi connectivity index (χ4v) is 2.88. The van der Waals surface area contributed by atoms with Crippen LogP contribution in [0.5, 0.6) is 0 Å². The second kappa shape index (κ2) is 10.1. The molecule has 10 heteroatoms. The Bertz CT molecular complexity index is 945. The first-order valence-electron chi connectivity index (χ1n) is 9.17. The second-order valence-corrected chi connectivity index (χ2v) is 6.85. The molecule has 2 amide bonds. The molecule has 0 aliphatic rings. The first kappa shape index (κ1) is 23.8. The van der Waals surface area contributed by atoms with E-state index in [1.54, 1.807) is 6.07 Å². The van der Waals surface area contributed by atoms with Crippen LogP contribution in [0.1, 0.15) is 23.6 Å². The molecule has 6 nitrogen and oxygen atoms in total. The fraction of sp³-hybridized carbons (Fsp3) is 0.286. The SMILES string of the molecule is CC(=O)N[C@H](Cc1ccccc1F)C(=O)N[C@@H](Cc1ccc(C(F)(F)F)cc1)C(=O)O. The Hall–Kier alpha value is -3.43. The van der Waals surface area contributed by atoms with Crippen molar-refractivity contribution in [2.75, 3.05) is 0 Å². The number of carboxylic acid groups (broad SMARTS) is 1. The summed E-state index contributed by atoms with van der Waals surface area (Å²) < 4.78 is 51.9. The van der Waals surface area contributed by atoms with Crippen molar-refractivity contribution in [1.82, 2.24) is 10.6 Å². The van der Waals surface area contributed by atoms with E-state index in [0.29, 0.717) is 0 Å².